The first-order valence-electron chi connectivity index (χ1n) is 7.00. The molecule has 2 amide bonds. The summed E-state index contributed by atoms with van der Waals surface area (Å²) in [5, 5.41) is 9.96. The van der Waals surface area contributed by atoms with Crippen LogP contribution in [0.4, 0.5) is 9.93 Å². The topological polar surface area (TPSA) is 97.6 Å². The van der Waals surface area contributed by atoms with E-state index in [-0.39, 0.29) is 12.1 Å². The van der Waals surface area contributed by atoms with Crippen molar-refractivity contribution in [2.75, 3.05) is 5.32 Å². The fourth-order valence-corrected chi connectivity index (χ4v) is 2.57. The molecular formula is C14H15N7OS. The van der Waals surface area contributed by atoms with Gasteiger partial charge in [-0.3, -0.25) is 10.00 Å². The first kappa shape index (κ1) is 15.1. The Balaban J connectivity index is 1.55. The van der Waals surface area contributed by atoms with Gasteiger partial charge in [-0.2, -0.15) is 14.5 Å². The highest BCUT2D eigenvalue weighted by atomic mass is 32.1. The molecule has 0 saturated carbocycles. The number of carbonyl (C=O) groups excluding carboxylic acids is 1. The Morgan fingerprint density at radius 2 is 2.17 bits per heavy atom. The monoisotopic (exact) mass is 329 g/mol. The summed E-state index contributed by atoms with van der Waals surface area (Å²) in [5.74, 6) is 0.599. The Kier molecular flexibility index (Phi) is 4.57. The van der Waals surface area contributed by atoms with Crippen molar-refractivity contribution in [1.82, 2.24) is 29.4 Å². The van der Waals surface area contributed by atoms with Gasteiger partial charge in [-0.1, -0.05) is 30.3 Å². The van der Waals surface area contributed by atoms with E-state index in [9.17, 15) is 4.79 Å². The number of hydrogen-bond donors (Lipinski definition) is 2. The van der Waals surface area contributed by atoms with Crippen LogP contribution in [0.5, 0.6) is 0 Å². The van der Waals surface area contributed by atoms with Gasteiger partial charge in [0.05, 0.1) is 6.54 Å². The fourth-order valence-electron chi connectivity index (χ4n) is 1.99. The lowest BCUT2D eigenvalue weighted by Crippen LogP contribution is -2.38. The minimum atomic E-state index is -0.326. The highest BCUT2D eigenvalue weighted by Gasteiger charge is 2.12. The summed E-state index contributed by atoms with van der Waals surface area (Å²) < 4.78 is 5.90. The van der Waals surface area contributed by atoms with Gasteiger partial charge in [-0.05, 0) is 6.92 Å². The van der Waals surface area contributed by atoms with Crippen molar-refractivity contribution in [3.63, 3.8) is 0 Å². The SMILES string of the molecule is C[C@H](Cn1cncn1)NC(=O)Nc1nc(-c2ccccc2)ns1. The van der Waals surface area contributed by atoms with E-state index in [1.165, 1.54) is 6.33 Å². The van der Waals surface area contributed by atoms with Gasteiger partial charge in [0.2, 0.25) is 5.13 Å². The molecule has 0 spiro atoms. The van der Waals surface area contributed by atoms with Crippen LogP contribution in [0.15, 0.2) is 43.0 Å². The molecule has 3 aromatic rings. The van der Waals surface area contributed by atoms with E-state index in [1.807, 2.05) is 37.3 Å². The van der Waals surface area contributed by atoms with Crippen molar-refractivity contribution in [3.8, 4) is 11.4 Å². The van der Waals surface area contributed by atoms with Crippen LogP contribution in [0.25, 0.3) is 11.4 Å². The van der Waals surface area contributed by atoms with Crippen molar-refractivity contribution in [1.29, 1.82) is 0 Å². The molecule has 1 atom stereocenters. The van der Waals surface area contributed by atoms with Crippen LogP contribution < -0.4 is 10.6 Å². The van der Waals surface area contributed by atoms with Crippen molar-refractivity contribution >= 4 is 22.7 Å². The molecule has 1 aromatic carbocycles. The molecule has 0 unspecified atom stereocenters. The van der Waals surface area contributed by atoms with Crippen LogP contribution in [0.2, 0.25) is 0 Å². The normalized spacial score (nSPS) is 11.9. The molecule has 3 rings (SSSR count). The second-order valence-corrected chi connectivity index (χ2v) is 5.66. The first-order valence-corrected chi connectivity index (χ1v) is 7.77. The number of nitrogens with one attached hydrogen (secondary N) is 2. The van der Waals surface area contributed by atoms with Gasteiger partial charge >= 0.3 is 6.03 Å². The third kappa shape index (κ3) is 4.10. The Hall–Kier alpha value is -2.81. The summed E-state index contributed by atoms with van der Waals surface area (Å²) in [7, 11) is 0. The number of rotatable bonds is 5. The Bertz CT molecular complexity index is 757. The average Bonchev–Trinajstić information content (AvgIpc) is 3.20. The third-order valence-corrected chi connectivity index (χ3v) is 3.61. The maximum Gasteiger partial charge on any atom is 0.321 e. The van der Waals surface area contributed by atoms with Crippen LogP contribution in [-0.4, -0.2) is 36.2 Å². The molecule has 9 heteroatoms. The third-order valence-electron chi connectivity index (χ3n) is 2.98. The number of anilines is 1. The molecule has 0 radical (unpaired) electrons. The van der Waals surface area contributed by atoms with E-state index in [4.69, 9.17) is 0 Å². The zero-order chi connectivity index (χ0) is 16.1. The highest BCUT2D eigenvalue weighted by Crippen LogP contribution is 2.20. The van der Waals surface area contributed by atoms with Gasteiger partial charge in [-0.25, -0.2) is 9.78 Å². The summed E-state index contributed by atoms with van der Waals surface area (Å²) in [6.45, 7) is 2.43. The fraction of sp³-hybridized carbons (Fsp3) is 0.214. The Labute approximate surface area is 136 Å². The maximum absolute atomic E-state index is 12.0. The van der Waals surface area contributed by atoms with Gasteiger partial charge < -0.3 is 5.32 Å². The quantitative estimate of drug-likeness (QED) is 0.746. The zero-order valence-electron chi connectivity index (χ0n) is 12.4. The number of carbonyl (C=O) groups is 1. The Morgan fingerprint density at radius 3 is 2.91 bits per heavy atom. The van der Waals surface area contributed by atoms with Gasteiger partial charge in [0.1, 0.15) is 12.7 Å². The summed E-state index contributed by atoms with van der Waals surface area (Å²) in [4.78, 5) is 20.1. The highest BCUT2D eigenvalue weighted by molar-refractivity contribution is 7.10. The van der Waals surface area contributed by atoms with Crippen molar-refractivity contribution < 1.29 is 4.79 Å². The lowest BCUT2D eigenvalue weighted by molar-refractivity contribution is 0.247. The number of nitrogens with zero attached hydrogens (tertiary/aromatic N) is 5. The summed E-state index contributed by atoms with van der Waals surface area (Å²) in [5.41, 5.74) is 0.914. The maximum atomic E-state index is 12.0. The van der Waals surface area contributed by atoms with Crippen LogP contribution in [0, 0.1) is 0 Å². The van der Waals surface area contributed by atoms with E-state index >= 15 is 0 Å². The Morgan fingerprint density at radius 1 is 1.35 bits per heavy atom. The lowest BCUT2D eigenvalue weighted by Gasteiger charge is -2.13. The number of urea groups is 1. The number of amides is 2. The molecular weight excluding hydrogens is 314 g/mol. The first-order chi connectivity index (χ1) is 11.2. The largest absolute Gasteiger partial charge is 0.333 e. The number of benzene rings is 1. The predicted octanol–water partition coefficient (Wildman–Crippen LogP) is 2.01. The molecule has 0 saturated heterocycles. The van der Waals surface area contributed by atoms with E-state index in [0.717, 1.165) is 17.1 Å². The van der Waals surface area contributed by atoms with Gasteiger partial charge in [-0.15, -0.1) is 0 Å². The summed E-state index contributed by atoms with van der Waals surface area (Å²) >= 11 is 1.14. The van der Waals surface area contributed by atoms with Gasteiger partial charge in [0.25, 0.3) is 0 Å². The predicted molar refractivity (Wildman–Crippen MR) is 87.0 cm³/mol. The second-order valence-electron chi connectivity index (χ2n) is 4.91. The lowest BCUT2D eigenvalue weighted by atomic mass is 10.2. The van der Waals surface area contributed by atoms with Crippen molar-refractivity contribution in [2.24, 2.45) is 0 Å². The summed E-state index contributed by atoms with van der Waals surface area (Å²) in [6, 6.07) is 9.19. The van der Waals surface area contributed by atoms with E-state index in [2.05, 4.69) is 30.1 Å². The molecule has 0 aliphatic carbocycles. The molecule has 8 nitrogen and oxygen atoms in total. The van der Waals surface area contributed by atoms with Crippen LogP contribution in [0.3, 0.4) is 0 Å². The van der Waals surface area contributed by atoms with Crippen LogP contribution in [0.1, 0.15) is 6.92 Å². The molecule has 2 aromatic heterocycles. The number of aromatic nitrogens is 5. The minimum absolute atomic E-state index is 0.0989. The second kappa shape index (κ2) is 6.97. The average molecular weight is 329 g/mol. The van der Waals surface area contributed by atoms with Gasteiger partial charge in [0, 0.05) is 23.1 Å². The molecule has 23 heavy (non-hydrogen) atoms. The van der Waals surface area contributed by atoms with Crippen molar-refractivity contribution in [2.45, 2.75) is 19.5 Å². The summed E-state index contributed by atoms with van der Waals surface area (Å²) in [6.07, 6.45) is 3.06. The number of hydrogen-bond acceptors (Lipinski definition) is 6. The molecule has 2 N–H and O–H groups in total. The molecule has 0 bridgehead atoms. The van der Waals surface area contributed by atoms with Crippen LogP contribution in [-0.2, 0) is 6.54 Å². The minimum Gasteiger partial charge on any atom is -0.333 e. The van der Waals surface area contributed by atoms with Gasteiger partial charge in [0.15, 0.2) is 5.82 Å². The molecule has 118 valence electrons. The zero-order valence-corrected chi connectivity index (χ0v) is 13.2. The molecule has 0 aliphatic rings. The van der Waals surface area contributed by atoms with E-state index < -0.39 is 0 Å². The van der Waals surface area contributed by atoms with Crippen molar-refractivity contribution in [3.05, 3.63) is 43.0 Å². The molecule has 0 fully saturated rings. The molecule has 0 aliphatic heterocycles. The molecule has 2 heterocycles. The standard InChI is InChI=1S/C14H15N7OS/c1-10(7-21-9-15-8-16-21)17-13(22)19-14-18-12(20-23-14)11-5-3-2-4-6-11/h2-6,8-10H,7H2,1H3,(H2,17,18,19,20,22)/t10-/m1/s1. The smallest absolute Gasteiger partial charge is 0.321 e. The van der Waals surface area contributed by atoms with Crippen LogP contribution >= 0.6 is 11.5 Å². The van der Waals surface area contributed by atoms with E-state index in [0.29, 0.717) is 17.5 Å². The van der Waals surface area contributed by atoms with E-state index in [1.54, 1.807) is 11.0 Å².